The van der Waals surface area contributed by atoms with Gasteiger partial charge in [-0.05, 0) is 37.5 Å². The first-order valence-corrected chi connectivity index (χ1v) is 8.52. The second-order valence-electron chi connectivity index (χ2n) is 6.61. The van der Waals surface area contributed by atoms with E-state index in [1.54, 1.807) is 6.92 Å². The molecule has 21 heavy (non-hydrogen) atoms. The van der Waals surface area contributed by atoms with E-state index in [0.29, 0.717) is 18.4 Å². The van der Waals surface area contributed by atoms with Gasteiger partial charge in [-0.15, -0.1) is 0 Å². The van der Waals surface area contributed by atoms with E-state index in [1.165, 1.54) is 32.1 Å². The van der Waals surface area contributed by atoms with Gasteiger partial charge in [-0.25, -0.2) is 0 Å². The van der Waals surface area contributed by atoms with Crippen LogP contribution in [0.4, 0.5) is 0 Å². The van der Waals surface area contributed by atoms with Gasteiger partial charge in [0.15, 0.2) is 0 Å². The molecule has 120 valence electrons. The summed E-state index contributed by atoms with van der Waals surface area (Å²) in [5.41, 5.74) is 0. The van der Waals surface area contributed by atoms with Gasteiger partial charge < -0.3 is 9.84 Å². The maximum absolute atomic E-state index is 11.7. The molecule has 2 rings (SSSR count). The molecular formula is C17H28O4. The third-order valence-corrected chi connectivity index (χ3v) is 5.41. The lowest BCUT2D eigenvalue weighted by molar-refractivity contribution is -0.154. The average Bonchev–Trinajstić information content (AvgIpc) is 2.94. The van der Waals surface area contributed by atoms with Crippen molar-refractivity contribution >= 4 is 11.9 Å². The highest BCUT2D eigenvalue weighted by molar-refractivity contribution is 5.79. The Morgan fingerprint density at radius 1 is 1.10 bits per heavy atom. The van der Waals surface area contributed by atoms with E-state index < -0.39 is 11.9 Å². The van der Waals surface area contributed by atoms with Crippen LogP contribution in [0.25, 0.3) is 0 Å². The smallest absolute Gasteiger partial charge is 0.307 e. The highest BCUT2D eigenvalue weighted by Crippen LogP contribution is 2.46. The summed E-state index contributed by atoms with van der Waals surface area (Å²) in [4.78, 5) is 23.4. The Labute approximate surface area is 127 Å². The van der Waals surface area contributed by atoms with Crippen molar-refractivity contribution in [2.24, 2.45) is 23.7 Å². The molecule has 1 N–H and O–H groups in total. The number of hydrogen-bond donors (Lipinski definition) is 1. The van der Waals surface area contributed by atoms with Crippen LogP contribution in [0.2, 0.25) is 0 Å². The minimum Gasteiger partial charge on any atom is -0.481 e. The van der Waals surface area contributed by atoms with Crippen molar-refractivity contribution in [3.05, 3.63) is 0 Å². The highest BCUT2D eigenvalue weighted by atomic mass is 16.5. The number of carbonyl (C=O) groups excluding carboxylic acids is 1. The second-order valence-corrected chi connectivity index (χ2v) is 6.61. The summed E-state index contributed by atoms with van der Waals surface area (Å²) >= 11 is 0. The van der Waals surface area contributed by atoms with Crippen molar-refractivity contribution in [2.75, 3.05) is 6.61 Å². The first-order valence-electron chi connectivity index (χ1n) is 8.52. The zero-order valence-corrected chi connectivity index (χ0v) is 13.1. The Balaban J connectivity index is 2.03. The number of aliphatic carboxylic acids is 1. The standard InChI is InChI=1S/C17H28O4/c1-2-21-16(18)11-15(17(19)20)14-10-6-9-13(14)12-7-4-3-5-8-12/h12-15H,2-11H2,1H3,(H,19,20). The van der Waals surface area contributed by atoms with Crippen LogP contribution in [0.15, 0.2) is 0 Å². The van der Waals surface area contributed by atoms with E-state index >= 15 is 0 Å². The minimum atomic E-state index is -0.823. The summed E-state index contributed by atoms with van der Waals surface area (Å²) in [6.07, 6.45) is 9.61. The van der Waals surface area contributed by atoms with E-state index in [0.717, 1.165) is 19.3 Å². The van der Waals surface area contributed by atoms with Crippen LogP contribution in [-0.2, 0) is 14.3 Å². The topological polar surface area (TPSA) is 63.6 Å². The van der Waals surface area contributed by atoms with Crippen LogP contribution >= 0.6 is 0 Å². The molecule has 0 radical (unpaired) electrons. The molecule has 2 fully saturated rings. The molecule has 3 unspecified atom stereocenters. The Morgan fingerprint density at radius 3 is 2.43 bits per heavy atom. The molecule has 0 heterocycles. The van der Waals surface area contributed by atoms with Crippen molar-refractivity contribution in [2.45, 2.75) is 64.7 Å². The van der Waals surface area contributed by atoms with E-state index in [1.807, 2.05) is 0 Å². The Bertz CT molecular complexity index is 360. The number of carboxylic acids is 1. The van der Waals surface area contributed by atoms with Gasteiger partial charge in [-0.1, -0.05) is 38.5 Å². The molecule has 0 aromatic carbocycles. The molecule has 0 amide bonds. The predicted octanol–water partition coefficient (Wildman–Crippen LogP) is 3.64. The Morgan fingerprint density at radius 2 is 1.81 bits per heavy atom. The van der Waals surface area contributed by atoms with Crippen LogP contribution in [0.5, 0.6) is 0 Å². The third-order valence-electron chi connectivity index (χ3n) is 5.41. The fourth-order valence-corrected chi connectivity index (χ4v) is 4.49. The lowest BCUT2D eigenvalue weighted by Crippen LogP contribution is -2.33. The summed E-state index contributed by atoms with van der Waals surface area (Å²) in [7, 11) is 0. The summed E-state index contributed by atoms with van der Waals surface area (Å²) in [5.74, 6) is -0.403. The fraction of sp³-hybridized carbons (Fsp3) is 0.882. The molecule has 4 nitrogen and oxygen atoms in total. The van der Waals surface area contributed by atoms with Crippen molar-refractivity contribution in [3.63, 3.8) is 0 Å². The van der Waals surface area contributed by atoms with Gasteiger partial charge in [0.05, 0.1) is 18.9 Å². The van der Waals surface area contributed by atoms with Crippen LogP contribution < -0.4 is 0 Å². The van der Waals surface area contributed by atoms with Crippen LogP contribution in [0.1, 0.15) is 64.7 Å². The molecule has 3 atom stereocenters. The summed E-state index contributed by atoms with van der Waals surface area (Å²) in [5, 5.41) is 9.56. The van der Waals surface area contributed by atoms with Crippen molar-refractivity contribution in [3.8, 4) is 0 Å². The molecule has 0 aromatic heterocycles. The van der Waals surface area contributed by atoms with Gasteiger partial charge in [0, 0.05) is 0 Å². The molecular weight excluding hydrogens is 268 g/mol. The van der Waals surface area contributed by atoms with E-state index in [-0.39, 0.29) is 18.3 Å². The van der Waals surface area contributed by atoms with Crippen molar-refractivity contribution in [1.82, 2.24) is 0 Å². The molecule has 0 saturated heterocycles. The Kier molecular flexibility index (Phi) is 6.07. The van der Waals surface area contributed by atoms with Gasteiger partial charge in [-0.2, -0.15) is 0 Å². The zero-order chi connectivity index (χ0) is 15.2. The minimum absolute atomic E-state index is 0.0388. The molecule has 2 aliphatic carbocycles. The number of ether oxygens (including phenoxy) is 1. The zero-order valence-electron chi connectivity index (χ0n) is 13.1. The summed E-state index contributed by atoms with van der Waals surface area (Å²) in [6, 6.07) is 0. The van der Waals surface area contributed by atoms with Crippen LogP contribution in [-0.4, -0.2) is 23.7 Å². The Hall–Kier alpha value is -1.06. The fourth-order valence-electron chi connectivity index (χ4n) is 4.49. The lowest BCUT2D eigenvalue weighted by Gasteiger charge is -2.34. The number of carboxylic acid groups (broad SMARTS) is 1. The van der Waals surface area contributed by atoms with Gasteiger partial charge >= 0.3 is 11.9 Å². The lowest BCUT2D eigenvalue weighted by atomic mass is 9.71. The van der Waals surface area contributed by atoms with Crippen molar-refractivity contribution < 1.29 is 19.4 Å². The van der Waals surface area contributed by atoms with Gasteiger partial charge in [0.2, 0.25) is 0 Å². The second kappa shape index (κ2) is 7.81. The predicted molar refractivity (Wildman–Crippen MR) is 79.8 cm³/mol. The van der Waals surface area contributed by atoms with Gasteiger partial charge in [0.1, 0.15) is 0 Å². The SMILES string of the molecule is CCOC(=O)CC(C(=O)O)C1CCCC1C1CCCCC1. The largest absolute Gasteiger partial charge is 0.481 e. The van der Waals surface area contributed by atoms with E-state index in [9.17, 15) is 14.7 Å². The molecule has 0 aromatic rings. The average molecular weight is 296 g/mol. The highest BCUT2D eigenvalue weighted by Gasteiger charge is 2.42. The quantitative estimate of drug-likeness (QED) is 0.760. The first-order chi connectivity index (χ1) is 10.1. The summed E-state index contributed by atoms with van der Waals surface area (Å²) in [6.45, 7) is 2.08. The first kappa shape index (κ1) is 16.3. The van der Waals surface area contributed by atoms with E-state index in [2.05, 4.69) is 0 Å². The number of carbonyl (C=O) groups is 2. The monoisotopic (exact) mass is 296 g/mol. The number of rotatable bonds is 6. The molecule has 2 saturated carbocycles. The van der Waals surface area contributed by atoms with Crippen LogP contribution in [0, 0.1) is 23.7 Å². The third kappa shape index (κ3) is 4.21. The molecule has 4 heteroatoms. The number of hydrogen-bond acceptors (Lipinski definition) is 3. The molecule has 0 bridgehead atoms. The van der Waals surface area contributed by atoms with Gasteiger partial charge in [-0.3, -0.25) is 9.59 Å². The molecule has 0 spiro atoms. The molecule has 0 aliphatic heterocycles. The van der Waals surface area contributed by atoms with Crippen molar-refractivity contribution in [1.29, 1.82) is 0 Å². The summed E-state index contributed by atoms with van der Waals surface area (Å²) < 4.78 is 4.96. The molecule has 2 aliphatic rings. The number of esters is 1. The van der Waals surface area contributed by atoms with Gasteiger partial charge in [0.25, 0.3) is 0 Å². The van der Waals surface area contributed by atoms with Crippen LogP contribution in [0.3, 0.4) is 0 Å². The maximum atomic E-state index is 11.7. The normalized spacial score (nSPS) is 28.2. The van der Waals surface area contributed by atoms with E-state index in [4.69, 9.17) is 4.74 Å². The maximum Gasteiger partial charge on any atom is 0.307 e.